The highest BCUT2D eigenvalue weighted by atomic mass is 32.1. The second-order valence-electron chi connectivity index (χ2n) is 5.63. The molecule has 1 heterocycles. The number of methoxy groups -OCH3 is 1. The molecule has 5 heteroatoms. The molecule has 21 heavy (non-hydrogen) atoms. The summed E-state index contributed by atoms with van der Waals surface area (Å²) in [6, 6.07) is 8.82. The molecule has 1 aromatic carbocycles. The third kappa shape index (κ3) is 5.26. The Bertz CT molecular complexity index is 459. The molecule has 2 rings (SSSR count). The maximum absolute atomic E-state index is 5.42. The van der Waals surface area contributed by atoms with Crippen LogP contribution < -0.4 is 10.2 Å². The van der Waals surface area contributed by atoms with Gasteiger partial charge in [-0.3, -0.25) is 0 Å². The lowest BCUT2D eigenvalue weighted by Gasteiger charge is -2.34. The van der Waals surface area contributed by atoms with E-state index in [0.29, 0.717) is 6.61 Å². The molecule has 0 aliphatic carbocycles. The minimum atomic E-state index is 0.693. The van der Waals surface area contributed by atoms with Crippen LogP contribution in [-0.2, 0) is 11.3 Å². The molecular formula is C16H26N3OS+. The second-order valence-corrected chi connectivity index (χ2v) is 6.01. The fraction of sp³-hybridized carbons (Fsp3) is 0.562. The first-order chi connectivity index (χ1) is 10.2. The molecule has 1 fully saturated rings. The highest BCUT2D eigenvalue weighted by molar-refractivity contribution is 7.80. The molecule has 0 spiro atoms. The summed E-state index contributed by atoms with van der Waals surface area (Å²) in [6.07, 6.45) is 0. The number of nitrogens with zero attached hydrogens (tertiary/aromatic N) is 1. The van der Waals surface area contributed by atoms with Crippen molar-refractivity contribution in [2.45, 2.75) is 13.5 Å². The number of hydrogen-bond acceptors (Lipinski definition) is 2. The normalized spacial score (nSPS) is 16.0. The number of hydrogen-bond donors (Lipinski definition) is 2. The molecule has 0 bridgehead atoms. The predicted molar refractivity (Wildman–Crippen MR) is 89.6 cm³/mol. The Hall–Kier alpha value is -1.17. The van der Waals surface area contributed by atoms with Gasteiger partial charge in [0.05, 0.1) is 32.8 Å². The lowest BCUT2D eigenvalue weighted by Crippen LogP contribution is -3.13. The Kier molecular flexibility index (Phi) is 6.42. The Morgan fingerprint density at radius 1 is 1.38 bits per heavy atom. The van der Waals surface area contributed by atoms with Crippen molar-refractivity contribution in [2.75, 3.05) is 46.4 Å². The van der Waals surface area contributed by atoms with E-state index in [1.54, 1.807) is 12.0 Å². The van der Waals surface area contributed by atoms with Gasteiger partial charge in [-0.1, -0.05) is 29.8 Å². The van der Waals surface area contributed by atoms with Crippen LogP contribution in [0, 0.1) is 6.92 Å². The number of benzene rings is 1. The second kappa shape index (κ2) is 8.32. The van der Waals surface area contributed by atoms with Gasteiger partial charge in [-0.25, -0.2) is 0 Å². The number of quaternary nitrogens is 1. The number of nitrogens with one attached hydrogen (secondary N) is 2. The predicted octanol–water partition coefficient (Wildman–Crippen LogP) is 0.216. The van der Waals surface area contributed by atoms with Crippen LogP contribution in [-0.4, -0.2) is 56.5 Å². The Morgan fingerprint density at radius 2 is 2.14 bits per heavy atom. The van der Waals surface area contributed by atoms with E-state index in [2.05, 4.69) is 41.4 Å². The summed E-state index contributed by atoms with van der Waals surface area (Å²) in [6.45, 7) is 9.07. The van der Waals surface area contributed by atoms with E-state index in [1.807, 2.05) is 0 Å². The molecule has 0 atom stereocenters. The van der Waals surface area contributed by atoms with Crippen molar-refractivity contribution < 1.29 is 9.64 Å². The van der Waals surface area contributed by atoms with Crippen LogP contribution >= 0.6 is 12.2 Å². The van der Waals surface area contributed by atoms with Gasteiger partial charge in [0.15, 0.2) is 5.11 Å². The smallest absolute Gasteiger partial charge is 0.169 e. The Labute approximate surface area is 133 Å². The van der Waals surface area contributed by atoms with Crippen LogP contribution in [0.25, 0.3) is 0 Å². The summed E-state index contributed by atoms with van der Waals surface area (Å²) >= 11 is 5.42. The molecule has 0 amide bonds. The first kappa shape index (κ1) is 16.2. The lowest BCUT2D eigenvalue weighted by atomic mass is 10.1. The molecule has 2 N–H and O–H groups in total. The monoisotopic (exact) mass is 308 g/mol. The number of aryl methyl sites for hydroxylation is 1. The van der Waals surface area contributed by atoms with Gasteiger partial charge in [0.2, 0.25) is 0 Å². The van der Waals surface area contributed by atoms with E-state index in [0.717, 1.165) is 44.4 Å². The van der Waals surface area contributed by atoms with Crippen molar-refractivity contribution in [3.05, 3.63) is 35.4 Å². The highest BCUT2D eigenvalue weighted by Crippen LogP contribution is 2.02. The topological polar surface area (TPSA) is 28.9 Å². The average molecular weight is 308 g/mol. The fourth-order valence-electron chi connectivity index (χ4n) is 2.69. The van der Waals surface area contributed by atoms with Crippen molar-refractivity contribution in [3.63, 3.8) is 0 Å². The largest absolute Gasteiger partial charge is 0.383 e. The quantitative estimate of drug-likeness (QED) is 0.601. The van der Waals surface area contributed by atoms with Crippen molar-refractivity contribution in [2.24, 2.45) is 0 Å². The van der Waals surface area contributed by atoms with Crippen LogP contribution in [0.5, 0.6) is 0 Å². The zero-order valence-electron chi connectivity index (χ0n) is 13.0. The van der Waals surface area contributed by atoms with Crippen molar-refractivity contribution in [1.29, 1.82) is 0 Å². The van der Waals surface area contributed by atoms with Crippen LogP contribution in [0.4, 0.5) is 0 Å². The van der Waals surface area contributed by atoms with E-state index in [9.17, 15) is 0 Å². The molecular weight excluding hydrogens is 282 g/mol. The molecule has 0 radical (unpaired) electrons. The minimum Gasteiger partial charge on any atom is -0.383 e. The van der Waals surface area contributed by atoms with Gasteiger partial charge >= 0.3 is 0 Å². The summed E-state index contributed by atoms with van der Waals surface area (Å²) in [5, 5.41) is 4.11. The molecule has 1 aliphatic rings. The third-order valence-corrected chi connectivity index (χ3v) is 4.28. The SMILES string of the molecule is COCCNC(=S)N1CC[NH+](Cc2cccc(C)c2)CC1. The zero-order valence-corrected chi connectivity index (χ0v) is 13.8. The molecule has 4 nitrogen and oxygen atoms in total. The molecule has 0 unspecified atom stereocenters. The first-order valence-corrected chi connectivity index (χ1v) is 8.00. The Balaban J connectivity index is 1.74. The van der Waals surface area contributed by atoms with Gasteiger partial charge in [0.25, 0.3) is 0 Å². The van der Waals surface area contributed by atoms with Crippen LogP contribution in [0.15, 0.2) is 24.3 Å². The Morgan fingerprint density at radius 3 is 2.81 bits per heavy atom. The zero-order chi connectivity index (χ0) is 15.1. The molecule has 116 valence electrons. The first-order valence-electron chi connectivity index (χ1n) is 7.60. The average Bonchev–Trinajstić information content (AvgIpc) is 2.48. The molecule has 1 aromatic rings. The van der Waals surface area contributed by atoms with E-state index in [4.69, 9.17) is 17.0 Å². The molecule has 1 saturated heterocycles. The van der Waals surface area contributed by atoms with Crippen LogP contribution in [0.2, 0.25) is 0 Å². The molecule has 1 aliphatic heterocycles. The summed E-state index contributed by atoms with van der Waals surface area (Å²) in [5.41, 5.74) is 2.77. The molecule has 0 aromatic heterocycles. The number of thiocarbonyl (C=S) groups is 1. The van der Waals surface area contributed by atoms with E-state index >= 15 is 0 Å². The number of piperazine rings is 1. The highest BCUT2D eigenvalue weighted by Gasteiger charge is 2.21. The van der Waals surface area contributed by atoms with Gasteiger partial charge < -0.3 is 19.9 Å². The van der Waals surface area contributed by atoms with Crippen molar-refractivity contribution in [1.82, 2.24) is 10.2 Å². The number of ether oxygens (including phenoxy) is 1. The fourth-order valence-corrected chi connectivity index (χ4v) is 2.97. The van der Waals surface area contributed by atoms with Gasteiger partial charge in [-0.05, 0) is 19.1 Å². The lowest BCUT2D eigenvalue weighted by molar-refractivity contribution is -0.917. The standard InChI is InChI=1S/C16H25N3OS/c1-14-4-3-5-15(12-14)13-18-7-9-19(10-8-18)16(21)17-6-11-20-2/h3-5,12H,6-11,13H2,1-2H3,(H,17,21)/p+1. The van der Waals surface area contributed by atoms with Crippen LogP contribution in [0.1, 0.15) is 11.1 Å². The van der Waals surface area contributed by atoms with Gasteiger partial charge in [0.1, 0.15) is 6.54 Å². The van der Waals surface area contributed by atoms with Gasteiger partial charge in [-0.2, -0.15) is 0 Å². The minimum absolute atomic E-state index is 0.693. The van der Waals surface area contributed by atoms with Gasteiger partial charge in [0, 0.05) is 19.2 Å². The number of rotatable bonds is 5. The van der Waals surface area contributed by atoms with Crippen molar-refractivity contribution in [3.8, 4) is 0 Å². The third-order valence-electron chi connectivity index (χ3n) is 3.88. The molecule has 0 saturated carbocycles. The summed E-state index contributed by atoms with van der Waals surface area (Å²) < 4.78 is 5.03. The summed E-state index contributed by atoms with van der Waals surface area (Å²) in [7, 11) is 1.71. The maximum atomic E-state index is 5.42. The maximum Gasteiger partial charge on any atom is 0.169 e. The van der Waals surface area contributed by atoms with E-state index in [1.165, 1.54) is 11.1 Å². The van der Waals surface area contributed by atoms with Crippen LogP contribution in [0.3, 0.4) is 0 Å². The van der Waals surface area contributed by atoms with E-state index < -0.39 is 0 Å². The summed E-state index contributed by atoms with van der Waals surface area (Å²) in [5.74, 6) is 0. The van der Waals surface area contributed by atoms with Crippen molar-refractivity contribution >= 4 is 17.3 Å². The summed E-state index contributed by atoms with van der Waals surface area (Å²) in [4.78, 5) is 3.90. The van der Waals surface area contributed by atoms with E-state index in [-0.39, 0.29) is 0 Å². The van der Waals surface area contributed by atoms with Gasteiger partial charge in [-0.15, -0.1) is 0 Å².